The van der Waals surface area contributed by atoms with Gasteiger partial charge in [0.1, 0.15) is 6.07 Å². The molecule has 2 aliphatic rings. The third-order valence-electron chi connectivity index (χ3n) is 6.31. The van der Waals surface area contributed by atoms with Crippen LogP contribution in [0.15, 0.2) is 47.7 Å². The number of hydrogen-bond donors (Lipinski definition) is 1. The maximum absolute atomic E-state index is 13.6. The van der Waals surface area contributed by atoms with E-state index in [1.54, 1.807) is 41.3 Å². The first-order valence-corrected chi connectivity index (χ1v) is 10.7. The second-order valence-corrected chi connectivity index (χ2v) is 9.19. The number of hydrogen-bond acceptors (Lipinski definition) is 6. The lowest BCUT2D eigenvalue weighted by molar-refractivity contribution is -0.121. The molecule has 1 amide bonds. The number of Topliss-reactive ketones (excluding diaryl/α,β-unsaturated/α-hetero) is 1. The highest BCUT2D eigenvalue weighted by atomic mass is 16.5. The van der Waals surface area contributed by atoms with Gasteiger partial charge in [0.15, 0.2) is 17.3 Å². The van der Waals surface area contributed by atoms with Crippen LogP contribution in [0.4, 0.5) is 5.69 Å². The Labute approximate surface area is 192 Å². The van der Waals surface area contributed by atoms with Crippen molar-refractivity contribution in [1.29, 1.82) is 5.26 Å². The molecule has 7 nitrogen and oxygen atoms in total. The predicted molar refractivity (Wildman–Crippen MR) is 122 cm³/mol. The van der Waals surface area contributed by atoms with Gasteiger partial charge in [0.2, 0.25) is 11.7 Å². The molecule has 1 atom stereocenters. The summed E-state index contributed by atoms with van der Waals surface area (Å²) >= 11 is 0. The number of nitriles is 1. The monoisotopic (exact) mass is 446 g/mol. The van der Waals surface area contributed by atoms with E-state index in [-0.39, 0.29) is 40.8 Å². The van der Waals surface area contributed by atoms with E-state index in [0.29, 0.717) is 40.9 Å². The number of carbonyl (C=O) groups excluding carboxylic acids is 2. The van der Waals surface area contributed by atoms with Crippen LogP contribution in [0.2, 0.25) is 0 Å². The minimum Gasteiger partial charge on any atom is -0.502 e. The molecule has 2 aromatic carbocycles. The Morgan fingerprint density at radius 3 is 2.33 bits per heavy atom. The molecule has 0 saturated carbocycles. The van der Waals surface area contributed by atoms with E-state index in [1.165, 1.54) is 14.2 Å². The number of phenols is 1. The second-order valence-electron chi connectivity index (χ2n) is 9.19. The van der Waals surface area contributed by atoms with E-state index in [1.807, 2.05) is 13.8 Å². The van der Waals surface area contributed by atoms with E-state index in [9.17, 15) is 20.0 Å². The summed E-state index contributed by atoms with van der Waals surface area (Å²) in [5.74, 6) is -0.451. The lowest BCUT2D eigenvalue weighted by Gasteiger charge is -2.43. The van der Waals surface area contributed by atoms with Crippen molar-refractivity contribution in [1.82, 2.24) is 0 Å². The van der Waals surface area contributed by atoms with Crippen LogP contribution >= 0.6 is 0 Å². The maximum atomic E-state index is 13.6. The first kappa shape index (κ1) is 22.4. The number of para-hydroxylation sites is 1. The summed E-state index contributed by atoms with van der Waals surface area (Å²) in [4.78, 5) is 28.6. The molecule has 1 aliphatic carbocycles. The van der Waals surface area contributed by atoms with Gasteiger partial charge in [0, 0.05) is 30.0 Å². The number of ketones is 1. The van der Waals surface area contributed by atoms with Crippen LogP contribution in [-0.2, 0) is 9.59 Å². The largest absolute Gasteiger partial charge is 0.502 e. The third kappa shape index (κ3) is 3.82. The van der Waals surface area contributed by atoms with Gasteiger partial charge in [-0.05, 0) is 41.7 Å². The zero-order valence-electron chi connectivity index (χ0n) is 19.1. The molecule has 33 heavy (non-hydrogen) atoms. The third-order valence-corrected chi connectivity index (χ3v) is 6.31. The van der Waals surface area contributed by atoms with Crippen molar-refractivity contribution < 1.29 is 24.2 Å². The first-order valence-electron chi connectivity index (χ1n) is 10.7. The standard InChI is InChI=1S/C26H26N2O5/c1-26(2)12-19-24(20(29)13-26)17(16-9-21(32-3)25(31)22(10-16)33-4)11-23(30)28(19)18-8-6-5-7-15(18)14-27/h5-10,17,31H,11-13H2,1-4H3. The van der Waals surface area contributed by atoms with E-state index in [0.717, 1.165) is 0 Å². The van der Waals surface area contributed by atoms with Gasteiger partial charge in [-0.25, -0.2) is 0 Å². The minimum atomic E-state index is -0.509. The van der Waals surface area contributed by atoms with Gasteiger partial charge in [-0.1, -0.05) is 26.0 Å². The number of aromatic hydroxyl groups is 1. The molecular weight excluding hydrogens is 420 g/mol. The van der Waals surface area contributed by atoms with Gasteiger partial charge in [-0.2, -0.15) is 5.26 Å². The van der Waals surface area contributed by atoms with Crippen LogP contribution in [0.25, 0.3) is 0 Å². The minimum absolute atomic E-state index is 0.0239. The van der Waals surface area contributed by atoms with Gasteiger partial charge < -0.3 is 14.6 Å². The molecule has 1 unspecified atom stereocenters. The molecule has 1 N–H and O–H groups in total. The molecule has 0 spiro atoms. The number of ether oxygens (including phenoxy) is 2. The fourth-order valence-electron chi connectivity index (χ4n) is 4.86. The first-order chi connectivity index (χ1) is 15.7. The molecule has 0 aromatic heterocycles. The SMILES string of the molecule is COc1cc(C2CC(=O)N(c3ccccc3C#N)C3=C2C(=O)CC(C)(C)C3)cc(OC)c1O. The van der Waals surface area contributed by atoms with Crippen LogP contribution in [0.5, 0.6) is 17.2 Å². The van der Waals surface area contributed by atoms with Crippen molar-refractivity contribution in [2.24, 2.45) is 5.41 Å². The molecule has 0 saturated heterocycles. The molecule has 170 valence electrons. The van der Waals surface area contributed by atoms with Crippen LogP contribution in [-0.4, -0.2) is 31.0 Å². The van der Waals surface area contributed by atoms with Gasteiger partial charge in [-0.15, -0.1) is 0 Å². The number of amides is 1. The molecule has 0 fully saturated rings. The normalized spacial score (nSPS) is 19.7. The Hall–Kier alpha value is -3.79. The number of methoxy groups -OCH3 is 2. The fourth-order valence-corrected chi connectivity index (χ4v) is 4.86. The Balaban J connectivity index is 1.95. The average Bonchev–Trinajstić information content (AvgIpc) is 2.77. The highest BCUT2D eigenvalue weighted by molar-refractivity contribution is 6.08. The van der Waals surface area contributed by atoms with Crippen molar-refractivity contribution in [3.8, 4) is 23.3 Å². The Morgan fingerprint density at radius 1 is 1.09 bits per heavy atom. The lowest BCUT2D eigenvalue weighted by Crippen LogP contribution is -2.44. The summed E-state index contributed by atoms with van der Waals surface area (Å²) < 4.78 is 10.6. The topological polar surface area (TPSA) is 99.9 Å². The molecule has 1 aliphatic heterocycles. The average molecular weight is 447 g/mol. The van der Waals surface area contributed by atoms with E-state index in [2.05, 4.69) is 6.07 Å². The number of phenolic OH excluding ortho intramolecular Hbond substituents is 1. The molecule has 0 radical (unpaired) electrons. The summed E-state index contributed by atoms with van der Waals surface area (Å²) in [6.45, 7) is 4.01. The summed E-state index contributed by atoms with van der Waals surface area (Å²) in [6, 6.07) is 12.4. The Bertz CT molecular complexity index is 1200. The van der Waals surface area contributed by atoms with Crippen molar-refractivity contribution in [2.45, 2.75) is 39.0 Å². The quantitative estimate of drug-likeness (QED) is 0.745. The Kier molecular flexibility index (Phi) is 5.62. The molecule has 0 bridgehead atoms. The molecular formula is C26H26N2O5. The number of allylic oxidation sites excluding steroid dienone is 2. The van der Waals surface area contributed by atoms with Crippen molar-refractivity contribution in [3.05, 3.63) is 58.8 Å². The number of anilines is 1. The van der Waals surface area contributed by atoms with Gasteiger partial charge in [-0.3, -0.25) is 14.5 Å². The van der Waals surface area contributed by atoms with Crippen LogP contribution < -0.4 is 14.4 Å². The van der Waals surface area contributed by atoms with Crippen LogP contribution in [0, 0.1) is 16.7 Å². The van der Waals surface area contributed by atoms with E-state index in [4.69, 9.17) is 9.47 Å². The summed E-state index contributed by atoms with van der Waals surface area (Å²) in [5.41, 5.74) is 2.39. The second kappa shape index (κ2) is 8.28. The van der Waals surface area contributed by atoms with Gasteiger partial charge >= 0.3 is 0 Å². The van der Waals surface area contributed by atoms with Crippen molar-refractivity contribution in [2.75, 3.05) is 19.1 Å². The van der Waals surface area contributed by atoms with Gasteiger partial charge in [0.05, 0.1) is 25.5 Å². The summed E-state index contributed by atoms with van der Waals surface area (Å²) in [7, 11) is 2.87. The summed E-state index contributed by atoms with van der Waals surface area (Å²) in [6.07, 6.45) is 0.918. The fraction of sp³-hybridized carbons (Fsp3) is 0.346. The van der Waals surface area contributed by atoms with E-state index >= 15 is 0 Å². The molecule has 7 heteroatoms. The zero-order chi connectivity index (χ0) is 23.9. The molecule has 4 rings (SSSR count). The smallest absolute Gasteiger partial charge is 0.232 e. The predicted octanol–water partition coefficient (Wildman–Crippen LogP) is 4.44. The molecule has 2 aromatic rings. The Morgan fingerprint density at radius 2 is 1.73 bits per heavy atom. The molecule has 1 heterocycles. The van der Waals surface area contributed by atoms with Crippen molar-refractivity contribution in [3.63, 3.8) is 0 Å². The number of carbonyl (C=O) groups is 2. The maximum Gasteiger partial charge on any atom is 0.232 e. The van der Waals surface area contributed by atoms with Crippen molar-refractivity contribution >= 4 is 17.4 Å². The number of nitrogens with zero attached hydrogens (tertiary/aromatic N) is 2. The zero-order valence-corrected chi connectivity index (χ0v) is 19.1. The summed E-state index contributed by atoms with van der Waals surface area (Å²) in [5, 5.41) is 20.0. The highest BCUT2D eigenvalue weighted by Crippen LogP contribution is 2.50. The van der Waals surface area contributed by atoms with Gasteiger partial charge in [0.25, 0.3) is 0 Å². The van der Waals surface area contributed by atoms with Crippen LogP contribution in [0.1, 0.15) is 50.2 Å². The number of rotatable bonds is 4. The number of benzene rings is 2. The van der Waals surface area contributed by atoms with E-state index < -0.39 is 5.92 Å². The van der Waals surface area contributed by atoms with Crippen LogP contribution in [0.3, 0.4) is 0 Å². The highest BCUT2D eigenvalue weighted by Gasteiger charge is 2.45. The lowest BCUT2D eigenvalue weighted by atomic mass is 9.69.